The van der Waals surface area contributed by atoms with Gasteiger partial charge in [0.05, 0.1) is 0 Å². The van der Waals surface area contributed by atoms with Gasteiger partial charge in [0.2, 0.25) is 0 Å². The lowest BCUT2D eigenvalue weighted by Gasteiger charge is -2.25. The van der Waals surface area contributed by atoms with Crippen molar-refractivity contribution in [2.75, 3.05) is 27.2 Å². The Kier molecular flexibility index (Phi) is 5.31. The summed E-state index contributed by atoms with van der Waals surface area (Å²) >= 11 is 0. The van der Waals surface area contributed by atoms with Crippen molar-refractivity contribution in [2.24, 2.45) is 0 Å². The molecule has 0 radical (unpaired) electrons. The number of nitrogens with zero attached hydrogens (tertiary/aromatic N) is 2. The van der Waals surface area contributed by atoms with Gasteiger partial charge in [-0.25, -0.2) is 0 Å². The van der Waals surface area contributed by atoms with E-state index in [-0.39, 0.29) is 6.10 Å². The van der Waals surface area contributed by atoms with Crippen LogP contribution in [0.2, 0.25) is 0 Å². The second-order valence-corrected chi connectivity index (χ2v) is 6.59. The molecule has 2 aromatic rings. The smallest absolute Gasteiger partial charge is 0.124 e. The predicted molar refractivity (Wildman–Crippen MR) is 94.6 cm³/mol. The summed E-state index contributed by atoms with van der Waals surface area (Å²) in [5.74, 6) is 1.05. The first-order chi connectivity index (χ1) is 11.2. The van der Waals surface area contributed by atoms with Gasteiger partial charge in [0.25, 0.3) is 0 Å². The summed E-state index contributed by atoms with van der Waals surface area (Å²) in [5, 5.41) is 0. The molecule has 0 amide bonds. The van der Waals surface area contributed by atoms with E-state index in [1.165, 1.54) is 11.1 Å². The number of ether oxygens (including phenoxy) is 1. The molecule has 0 bridgehead atoms. The Morgan fingerprint density at radius 1 is 1.04 bits per heavy atom. The number of benzene rings is 2. The molecule has 23 heavy (non-hydrogen) atoms. The molecule has 3 nitrogen and oxygen atoms in total. The highest BCUT2D eigenvalue weighted by Gasteiger charge is 2.22. The average Bonchev–Trinajstić information content (AvgIpc) is 2.72. The zero-order valence-electron chi connectivity index (χ0n) is 14.1. The molecular weight excluding hydrogens is 284 g/mol. The molecule has 122 valence electrons. The van der Waals surface area contributed by atoms with Crippen LogP contribution in [0.5, 0.6) is 5.75 Å². The van der Waals surface area contributed by atoms with Crippen LogP contribution < -0.4 is 4.74 Å². The van der Waals surface area contributed by atoms with Crippen molar-refractivity contribution in [3.8, 4) is 5.75 Å². The quantitative estimate of drug-likeness (QED) is 0.842. The van der Waals surface area contributed by atoms with E-state index in [1.54, 1.807) is 0 Å². The van der Waals surface area contributed by atoms with Crippen LogP contribution in [0.4, 0.5) is 0 Å². The van der Waals surface area contributed by atoms with Crippen LogP contribution in [0.1, 0.15) is 17.5 Å². The zero-order valence-corrected chi connectivity index (χ0v) is 14.1. The standard InChI is InChI=1S/C20H26N2O/c1-21(2)13-12-19-16-22(14-17-8-4-3-5-9-17)15-18-10-6-7-11-20(18)23-19/h3-11,19H,12-16H2,1-2H3. The Labute approximate surface area is 139 Å². The number of rotatable bonds is 5. The van der Waals surface area contributed by atoms with Crippen LogP contribution in [-0.4, -0.2) is 43.1 Å². The fourth-order valence-corrected chi connectivity index (χ4v) is 3.07. The minimum Gasteiger partial charge on any atom is -0.489 e. The molecule has 1 aliphatic heterocycles. The van der Waals surface area contributed by atoms with Crippen molar-refractivity contribution in [3.63, 3.8) is 0 Å². The number of fused-ring (bicyclic) bond motifs is 1. The van der Waals surface area contributed by atoms with Gasteiger partial charge in [-0.1, -0.05) is 48.5 Å². The highest BCUT2D eigenvalue weighted by Crippen LogP contribution is 2.26. The van der Waals surface area contributed by atoms with Gasteiger partial charge >= 0.3 is 0 Å². The third-order valence-electron chi connectivity index (χ3n) is 4.27. The lowest BCUT2D eigenvalue weighted by molar-refractivity contribution is 0.127. The summed E-state index contributed by atoms with van der Waals surface area (Å²) in [5.41, 5.74) is 2.65. The van der Waals surface area contributed by atoms with E-state index in [2.05, 4.69) is 78.5 Å². The van der Waals surface area contributed by atoms with Crippen LogP contribution >= 0.6 is 0 Å². The predicted octanol–water partition coefficient (Wildman–Crippen LogP) is 3.40. The molecule has 3 rings (SSSR count). The van der Waals surface area contributed by atoms with Crippen molar-refractivity contribution in [1.82, 2.24) is 9.80 Å². The van der Waals surface area contributed by atoms with E-state index in [9.17, 15) is 0 Å². The van der Waals surface area contributed by atoms with E-state index in [0.717, 1.165) is 38.3 Å². The van der Waals surface area contributed by atoms with E-state index >= 15 is 0 Å². The van der Waals surface area contributed by atoms with Gasteiger partial charge in [-0.05, 0) is 32.1 Å². The third-order valence-corrected chi connectivity index (χ3v) is 4.27. The largest absolute Gasteiger partial charge is 0.489 e. The number of para-hydroxylation sites is 1. The van der Waals surface area contributed by atoms with Crippen LogP contribution in [0, 0.1) is 0 Å². The molecule has 3 heteroatoms. The molecule has 0 N–H and O–H groups in total. The second-order valence-electron chi connectivity index (χ2n) is 6.59. The molecule has 2 aromatic carbocycles. The molecule has 1 atom stereocenters. The molecule has 0 saturated heterocycles. The van der Waals surface area contributed by atoms with Gasteiger partial charge in [0.15, 0.2) is 0 Å². The molecule has 0 aromatic heterocycles. The Bertz CT molecular complexity index is 612. The van der Waals surface area contributed by atoms with E-state index in [1.807, 2.05) is 0 Å². The normalized spacial score (nSPS) is 18.3. The summed E-state index contributed by atoms with van der Waals surface area (Å²) in [6.07, 6.45) is 1.29. The monoisotopic (exact) mass is 310 g/mol. The van der Waals surface area contributed by atoms with Crippen LogP contribution in [0.3, 0.4) is 0 Å². The van der Waals surface area contributed by atoms with Crippen molar-refractivity contribution in [2.45, 2.75) is 25.6 Å². The maximum Gasteiger partial charge on any atom is 0.124 e. The first kappa shape index (κ1) is 16.0. The Morgan fingerprint density at radius 3 is 2.57 bits per heavy atom. The molecular formula is C20H26N2O. The Morgan fingerprint density at radius 2 is 1.78 bits per heavy atom. The third kappa shape index (κ3) is 4.57. The molecule has 0 spiro atoms. The maximum atomic E-state index is 6.31. The van der Waals surface area contributed by atoms with Gasteiger partial charge in [-0.2, -0.15) is 0 Å². The van der Waals surface area contributed by atoms with Crippen LogP contribution in [-0.2, 0) is 13.1 Å². The molecule has 0 fully saturated rings. The molecule has 1 aliphatic rings. The van der Waals surface area contributed by atoms with Gasteiger partial charge < -0.3 is 9.64 Å². The Hall–Kier alpha value is -1.84. The first-order valence-electron chi connectivity index (χ1n) is 8.36. The van der Waals surface area contributed by atoms with E-state index in [0.29, 0.717) is 0 Å². The highest BCUT2D eigenvalue weighted by molar-refractivity contribution is 5.34. The fraction of sp³-hybridized carbons (Fsp3) is 0.400. The summed E-state index contributed by atoms with van der Waals surface area (Å²) in [7, 11) is 4.23. The molecule has 0 saturated carbocycles. The minimum atomic E-state index is 0.241. The van der Waals surface area contributed by atoms with Crippen molar-refractivity contribution < 1.29 is 4.74 Å². The van der Waals surface area contributed by atoms with E-state index < -0.39 is 0 Å². The van der Waals surface area contributed by atoms with Crippen molar-refractivity contribution >= 4 is 0 Å². The highest BCUT2D eigenvalue weighted by atomic mass is 16.5. The first-order valence-corrected chi connectivity index (χ1v) is 8.36. The summed E-state index contributed by atoms with van der Waals surface area (Å²) in [6.45, 7) is 3.93. The fourth-order valence-electron chi connectivity index (χ4n) is 3.07. The van der Waals surface area contributed by atoms with Crippen molar-refractivity contribution in [1.29, 1.82) is 0 Å². The lowest BCUT2D eigenvalue weighted by Crippen LogP contribution is -2.34. The molecule has 1 unspecified atom stereocenters. The topological polar surface area (TPSA) is 15.7 Å². The number of hydrogen-bond acceptors (Lipinski definition) is 3. The van der Waals surface area contributed by atoms with Gasteiger partial charge in [0.1, 0.15) is 11.9 Å². The van der Waals surface area contributed by atoms with E-state index in [4.69, 9.17) is 4.74 Å². The maximum absolute atomic E-state index is 6.31. The lowest BCUT2D eigenvalue weighted by atomic mass is 10.1. The number of hydrogen-bond donors (Lipinski definition) is 0. The second kappa shape index (κ2) is 7.62. The summed E-state index contributed by atoms with van der Waals surface area (Å²) in [6, 6.07) is 19.1. The minimum absolute atomic E-state index is 0.241. The van der Waals surface area contributed by atoms with Gasteiger partial charge in [0, 0.05) is 31.7 Å². The average molecular weight is 310 g/mol. The van der Waals surface area contributed by atoms with Crippen molar-refractivity contribution in [3.05, 3.63) is 65.7 Å². The zero-order chi connectivity index (χ0) is 16.1. The summed E-state index contributed by atoms with van der Waals surface area (Å²) in [4.78, 5) is 4.73. The van der Waals surface area contributed by atoms with Gasteiger partial charge in [-0.15, -0.1) is 0 Å². The summed E-state index contributed by atoms with van der Waals surface area (Å²) < 4.78 is 6.31. The SMILES string of the molecule is CN(C)CCC1CN(Cc2ccccc2)Cc2ccccc2O1. The van der Waals surface area contributed by atoms with Gasteiger partial charge in [-0.3, -0.25) is 4.90 Å². The molecule has 1 heterocycles. The van der Waals surface area contributed by atoms with Crippen LogP contribution in [0.25, 0.3) is 0 Å². The molecule has 0 aliphatic carbocycles. The Balaban J connectivity index is 1.76. The van der Waals surface area contributed by atoms with Crippen LogP contribution in [0.15, 0.2) is 54.6 Å².